The number of amides is 2. The molecule has 0 bridgehead atoms. The number of H-pyrrole nitrogens is 1. The number of aromatic nitrogens is 3. The van der Waals surface area contributed by atoms with Crippen LogP contribution in [-0.4, -0.2) is 133 Å². The lowest BCUT2D eigenvalue weighted by molar-refractivity contribution is -0.123. The Balaban J connectivity index is 0.000000193. The lowest BCUT2D eigenvalue weighted by Gasteiger charge is -2.38. The van der Waals surface area contributed by atoms with Crippen molar-refractivity contribution in [2.45, 2.75) is 13.8 Å². The molecule has 5 N–H and O–H groups in total. The molecule has 3 aromatic carbocycles. The Kier molecular flexibility index (Phi) is 14.4. The molecule has 0 aliphatic carbocycles. The number of nitrogens with one attached hydrogen (secondary N) is 3. The van der Waals surface area contributed by atoms with Gasteiger partial charge in [0.2, 0.25) is 11.9 Å². The molecular formula is C42H48N8O11S3. The summed E-state index contributed by atoms with van der Waals surface area (Å²) < 4.78 is 71.7. The van der Waals surface area contributed by atoms with Gasteiger partial charge in [0, 0.05) is 43.3 Å². The number of methoxy groups -OCH3 is 2. The molecule has 3 aliphatic rings. The van der Waals surface area contributed by atoms with Crippen molar-refractivity contribution in [3.05, 3.63) is 112 Å². The van der Waals surface area contributed by atoms with Gasteiger partial charge in [-0.15, -0.1) is 16.4 Å². The molecule has 0 unspecified atom stereocenters. The van der Waals surface area contributed by atoms with Crippen molar-refractivity contribution >= 4 is 87.4 Å². The number of carbonyl (C=O) groups is 3. The lowest BCUT2D eigenvalue weighted by atomic mass is 10.1. The molecule has 2 amide bonds. The van der Waals surface area contributed by atoms with E-state index in [0.29, 0.717) is 60.5 Å². The number of hydrogen-bond donors (Lipinski definition) is 5. The van der Waals surface area contributed by atoms with E-state index in [1.807, 2.05) is 30.0 Å². The van der Waals surface area contributed by atoms with Crippen LogP contribution < -0.4 is 15.5 Å². The van der Waals surface area contributed by atoms with Gasteiger partial charge in [0.25, 0.3) is 21.8 Å². The summed E-state index contributed by atoms with van der Waals surface area (Å²) in [6, 6.07) is 22.8. The Morgan fingerprint density at radius 3 is 2.08 bits per heavy atom. The summed E-state index contributed by atoms with van der Waals surface area (Å²) in [5.74, 6) is -0.928. The van der Waals surface area contributed by atoms with Crippen LogP contribution in [0.25, 0.3) is 19.9 Å². The SMILES string of the molecule is CCOC(=O)c1sc2ccc(NC3=C(c4ccccc4)S(O)(O)N(CCOC)C3=O)cc2c1C.COCCN1C(=O)C(Nc2nc(N3CCOCC3)n[nH]2)=C(c2ccccc2)S1(=O)=O. The van der Waals surface area contributed by atoms with Crippen molar-refractivity contribution in [3.8, 4) is 0 Å². The number of aromatic amines is 1. The first kappa shape index (κ1) is 46.2. The second-order valence-electron chi connectivity index (χ2n) is 14.3. The van der Waals surface area contributed by atoms with Gasteiger partial charge in [0.15, 0.2) is 0 Å². The minimum absolute atomic E-state index is 0.0325. The molecule has 22 heteroatoms. The average Bonchev–Trinajstić information content (AvgIpc) is 3.99. The van der Waals surface area contributed by atoms with Crippen LogP contribution in [0.15, 0.2) is 90.3 Å². The Morgan fingerprint density at radius 2 is 1.45 bits per heavy atom. The third-order valence-corrected chi connectivity index (χ3v) is 15.3. The number of morpholine rings is 1. The van der Waals surface area contributed by atoms with Crippen molar-refractivity contribution < 1.29 is 50.9 Å². The van der Waals surface area contributed by atoms with Gasteiger partial charge in [0.05, 0.1) is 46.1 Å². The van der Waals surface area contributed by atoms with E-state index >= 15 is 0 Å². The molecule has 1 saturated heterocycles. The highest BCUT2D eigenvalue weighted by Gasteiger charge is 2.46. The van der Waals surface area contributed by atoms with Crippen molar-refractivity contribution in [1.82, 2.24) is 23.8 Å². The van der Waals surface area contributed by atoms with Crippen LogP contribution in [-0.2, 0) is 38.6 Å². The summed E-state index contributed by atoms with van der Waals surface area (Å²) in [5, 5.41) is 13.7. The molecule has 5 aromatic rings. The van der Waals surface area contributed by atoms with Gasteiger partial charge in [-0.25, -0.2) is 26.9 Å². The molecule has 0 radical (unpaired) electrons. The molecule has 2 aromatic heterocycles. The van der Waals surface area contributed by atoms with Crippen molar-refractivity contribution in [2.24, 2.45) is 0 Å². The normalized spacial score (nSPS) is 17.5. The molecule has 1 fully saturated rings. The highest BCUT2D eigenvalue weighted by atomic mass is 32.3. The minimum atomic E-state index is -4.05. The topological polar surface area (TPSA) is 238 Å². The van der Waals surface area contributed by atoms with E-state index in [-0.39, 0.29) is 59.4 Å². The third kappa shape index (κ3) is 9.35. The first-order chi connectivity index (χ1) is 30.8. The van der Waals surface area contributed by atoms with Gasteiger partial charge in [-0.2, -0.15) is 4.98 Å². The third-order valence-electron chi connectivity index (χ3n) is 10.2. The number of rotatable bonds is 15. The van der Waals surface area contributed by atoms with E-state index in [1.54, 1.807) is 67.6 Å². The molecular weight excluding hydrogens is 889 g/mol. The van der Waals surface area contributed by atoms with Crippen molar-refractivity contribution in [3.63, 3.8) is 0 Å². The highest BCUT2D eigenvalue weighted by Crippen LogP contribution is 2.62. The Labute approximate surface area is 375 Å². The number of thiophene rings is 1. The molecule has 3 aliphatic heterocycles. The van der Waals surface area contributed by atoms with Crippen LogP contribution in [0.2, 0.25) is 0 Å². The number of sulfonamides is 1. The molecule has 0 atom stereocenters. The van der Waals surface area contributed by atoms with Gasteiger partial charge in [-0.05, 0) is 48.6 Å². The van der Waals surface area contributed by atoms with E-state index in [4.69, 9.17) is 18.9 Å². The Morgan fingerprint density at radius 1 is 0.859 bits per heavy atom. The smallest absolute Gasteiger partial charge is 0.348 e. The zero-order chi connectivity index (χ0) is 45.6. The van der Waals surface area contributed by atoms with E-state index in [2.05, 4.69) is 25.8 Å². The first-order valence-electron chi connectivity index (χ1n) is 20.1. The van der Waals surface area contributed by atoms with E-state index in [0.717, 1.165) is 24.3 Å². The fraction of sp³-hybridized carbons (Fsp3) is 0.310. The van der Waals surface area contributed by atoms with Crippen LogP contribution in [0.1, 0.15) is 33.3 Å². The van der Waals surface area contributed by atoms with Crippen molar-refractivity contribution in [2.75, 3.05) is 89.0 Å². The number of esters is 1. The molecule has 0 saturated carbocycles. The number of aryl methyl sites for hydroxylation is 1. The summed E-state index contributed by atoms with van der Waals surface area (Å²) in [5.41, 5.74) is 2.34. The lowest BCUT2D eigenvalue weighted by Crippen LogP contribution is -2.36. The van der Waals surface area contributed by atoms with Crippen LogP contribution in [0.4, 0.5) is 17.6 Å². The Bertz CT molecular complexity index is 2680. The molecule has 19 nitrogen and oxygen atoms in total. The zero-order valence-electron chi connectivity index (χ0n) is 35.4. The molecule has 64 heavy (non-hydrogen) atoms. The van der Waals surface area contributed by atoms with Crippen LogP contribution in [0.3, 0.4) is 0 Å². The molecule has 8 rings (SSSR count). The van der Waals surface area contributed by atoms with Gasteiger partial charge in [0.1, 0.15) is 26.1 Å². The standard InChI is InChI=1S/C24H26N2O6S2.C18H22N6O5S/c1-4-32-24(28)21-15(2)18-14-17(10-11-19(18)33-21)25-20-22(16-8-6-5-7-9-16)34(29,30)26(23(20)27)12-13-31-3;1-28-10-9-24-16(25)14(15(30(24,26)27)13-5-3-2-4-6-13)19-17-20-18(22-21-17)23-7-11-29-12-8-23/h5-11,14,25,29-30H,4,12-13H2,1-3H3;2-6H,7-12H2,1H3,(H2,19,20,21,22). The van der Waals surface area contributed by atoms with Crippen LogP contribution >= 0.6 is 22.1 Å². The number of nitrogens with zero attached hydrogens (tertiary/aromatic N) is 5. The van der Waals surface area contributed by atoms with E-state index in [1.165, 1.54) is 25.6 Å². The maximum Gasteiger partial charge on any atom is 0.348 e. The van der Waals surface area contributed by atoms with Gasteiger partial charge < -0.3 is 34.5 Å². The number of ether oxygens (including phenoxy) is 4. The number of fused-ring (bicyclic) bond motifs is 1. The highest BCUT2D eigenvalue weighted by molar-refractivity contribution is 8.31. The minimum Gasteiger partial charge on any atom is -0.462 e. The number of carbonyl (C=O) groups excluding carboxylic acids is 3. The van der Waals surface area contributed by atoms with E-state index in [9.17, 15) is 31.9 Å². The van der Waals surface area contributed by atoms with Gasteiger partial charge in [-0.1, -0.05) is 71.4 Å². The number of benzene rings is 3. The Hall–Kier alpha value is -5.85. The predicted molar refractivity (Wildman–Crippen MR) is 245 cm³/mol. The fourth-order valence-electron chi connectivity index (χ4n) is 7.12. The summed E-state index contributed by atoms with van der Waals surface area (Å²) in [7, 11) is -4.70. The quantitative estimate of drug-likeness (QED) is 0.0808. The van der Waals surface area contributed by atoms with Crippen LogP contribution in [0, 0.1) is 6.92 Å². The first-order valence-corrected chi connectivity index (χ1v) is 23.8. The summed E-state index contributed by atoms with van der Waals surface area (Å²) in [6.07, 6.45) is 0. The number of hydrogen-bond acceptors (Lipinski definition) is 17. The second kappa shape index (κ2) is 19.9. The monoisotopic (exact) mass is 936 g/mol. The predicted octanol–water partition coefficient (Wildman–Crippen LogP) is 5.56. The number of anilines is 3. The van der Waals surface area contributed by atoms with Gasteiger partial charge in [-0.3, -0.25) is 18.7 Å². The maximum absolute atomic E-state index is 13.3. The molecule has 340 valence electrons. The van der Waals surface area contributed by atoms with Gasteiger partial charge >= 0.3 is 5.97 Å². The average molecular weight is 937 g/mol. The maximum atomic E-state index is 13.3. The molecule has 0 spiro atoms. The second-order valence-corrected chi connectivity index (χ2v) is 19.0. The van der Waals surface area contributed by atoms with Crippen molar-refractivity contribution in [1.29, 1.82) is 0 Å². The molecule has 5 heterocycles. The summed E-state index contributed by atoms with van der Waals surface area (Å²) in [4.78, 5) is 45.5. The summed E-state index contributed by atoms with van der Waals surface area (Å²) >= 11 is 1.35. The largest absolute Gasteiger partial charge is 0.462 e. The van der Waals surface area contributed by atoms with Crippen LogP contribution in [0.5, 0.6) is 0 Å². The zero-order valence-corrected chi connectivity index (χ0v) is 37.8. The fourth-order valence-corrected chi connectivity index (χ4v) is 11.6. The van der Waals surface area contributed by atoms with E-state index < -0.39 is 32.6 Å². The summed E-state index contributed by atoms with van der Waals surface area (Å²) in [6.45, 7) is 6.55.